The van der Waals surface area contributed by atoms with E-state index >= 15 is 0 Å². The van der Waals surface area contributed by atoms with Gasteiger partial charge in [-0.25, -0.2) is 0 Å². The molecule has 3 nitrogen and oxygen atoms in total. The second-order valence-electron chi connectivity index (χ2n) is 3.34. The van der Waals surface area contributed by atoms with Crippen LogP contribution in [0.5, 0.6) is 0 Å². The number of hydrogen-bond acceptors (Lipinski definition) is 3. The van der Waals surface area contributed by atoms with Gasteiger partial charge in [0, 0.05) is 26.2 Å². The van der Waals surface area contributed by atoms with Gasteiger partial charge in [-0.3, -0.25) is 4.90 Å². The first kappa shape index (κ1) is 9.96. The van der Waals surface area contributed by atoms with Crippen molar-refractivity contribution in [2.24, 2.45) is 0 Å². The van der Waals surface area contributed by atoms with Gasteiger partial charge in [0.05, 0.1) is 6.61 Å². The Balaban J connectivity index is 2.08. The second-order valence-corrected chi connectivity index (χ2v) is 3.34. The van der Waals surface area contributed by atoms with Crippen LogP contribution in [-0.4, -0.2) is 50.8 Å². The smallest absolute Gasteiger partial charge is 0.0589 e. The molecule has 1 rings (SSSR count). The molecule has 0 aromatic rings. The molecule has 1 aliphatic rings. The van der Waals surface area contributed by atoms with E-state index in [1.54, 1.807) is 7.11 Å². The Morgan fingerprint density at radius 1 is 1.58 bits per heavy atom. The van der Waals surface area contributed by atoms with Crippen molar-refractivity contribution in [3.63, 3.8) is 0 Å². The molecular formula is C9H20N2O. The van der Waals surface area contributed by atoms with Crippen molar-refractivity contribution in [2.45, 2.75) is 19.4 Å². The van der Waals surface area contributed by atoms with Gasteiger partial charge in [-0.15, -0.1) is 0 Å². The maximum atomic E-state index is 5.04. The summed E-state index contributed by atoms with van der Waals surface area (Å²) in [5, 5.41) is 3.47. The first-order chi connectivity index (χ1) is 5.86. The average molecular weight is 172 g/mol. The molecule has 0 radical (unpaired) electrons. The number of nitrogens with one attached hydrogen (secondary N) is 1. The first-order valence-corrected chi connectivity index (χ1v) is 4.81. The van der Waals surface area contributed by atoms with Crippen LogP contribution in [0, 0.1) is 0 Å². The molecule has 0 amide bonds. The topological polar surface area (TPSA) is 24.5 Å². The molecule has 1 N–H and O–H groups in total. The maximum Gasteiger partial charge on any atom is 0.0589 e. The molecule has 12 heavy (non-hydrogen) atoms. The van der Waals surface area contributed by atoms with E-state index in [1.807, 2.05) is 0 Å². The molecule has 72 valence electrons. The third kappa shape index (κ3) is 3.09. The predicted molar refractivity (Wildman–Crippen MR) is 50.4 cm³/mol. The van der Waals surface area contributed by atoms with Crippen molar-refractivity contribution >= 4 is 0 Å². The Kier molecular flexibility index (Phi) is 4.58. The van der Waals surface area contributed by atoms with Crippen molar-refractivity contribution in [3.05, 3.63) is 0 Å². The fourth-order valence-electron chi connectivity index (χ4n) is 1.71. The molecule has 0 spiro atoms. The highest BCUT2D eigenvalue weighted by atomic mass is 16.5. The van der Waals surface area contributed by atoms with Crippen molar-refractivity contribution < 1.29 is 4.74 Å². The van der Waals surface area contributed by atoms with E-state index in [1.165, 1.54) is 19.5 Å². The van der Waals surface area contributed by atoms with Crippen LogP contribution >= 0.6 is 0 Å². The van der Waals surface area contributed by atoms with Crippen LogP contribution in [0.3, 0.4) is 0 Å². The summed E-state index contributed by atoms with van der Waals surface area (Å²) in [4.78, 5) is 2.46. The normalized spacial score (nSPS) is 25.0. The summed E-state index contributed by atoms with van der Waals surface area (Å²) >= 11 is 0. The Hall–Kier alpha value is -0.120. The lowest BCUT2D eigenvalue weighted by molar-refractivity contribution is 0.159. The fourth-order valence-corrected chi connectivity index (χ4v) is 1.71. The second kappa shape index (κ2) is 5.51. The number of ether oxygens (including phenoxy) is 1. The van der Waals surface area contributed by atoms with Gasteiger partial charge in [0.15, 0.2) is 0 Å². The molecule has 0 bridgehead atoms. The van der Waals surface area contributed by atoms with Crippen LogP contribution in [-0.2, 0) is 4.74 Å². The van der Waals surface area contributed by atoms with E-state index in [0.29, 0.717) is 6.04 Å². The number of nitrogens with zero attached hydrogens (tertiary/aromatic N) is 1. The molecule has 1 unspecified atom stereocenters. The number of methoxy groups -OCH3 is 1. The van der Waals surface area contributed by atoms with Gasteiger partial charge in [-0.2, -0.15) is 0 Å². The zero-order valence-corrected chi connectivity index (χ0v) is 8.18. The SMILES string of the molecule is CCNC1CCN(CCOC)C1. The summed E-state index contributed by atoms with van der Waals surface area (Å²) in [5.41, 5.74) is 0. The lowest BCUT2D eigenvalue weighted by Crippen LogP contribution is -2.33. The number of hydrogen-bond donors (Lipinski definition) is 1. The van der Waals surface area contributed by atoms with E-state index in [4.69, 9.17) is 4.74 Å². The van der Waals surface area contributed by atoms with Gasteiger partial charge in [-0.05, 0) is 19.5 Å². The number of likely N-dealkylation sites (tertiary alicyclic amines) is 1. The molecule has 1 fully saturated rings. The van der Waals surface area contributed by atoms with Crippen molar-refractivity contribution in [3.8, 4) is 0 Å². The maximum absolute atomic E-state index is 5.04. The zero-order valence-electron chi connectivity index (χ0n) is 8.18. The summed E-state index contributed by atoms with van der Waals surface area (Å²) in [5.74, 6) is 0. The van der Waals surface area contributed by atoms with Gasteiger partial charge >= 0.3 is 0 Å². The highest BCUT2D eigenvalue weighted by Crippen LogP contribution is 2.07. The summed E-state index contributed by atoms with van der Waals surface area (Å²) in [7, 11) is 1.76. The van der Waals surface area contributed by atoms with Crippen LogP contribution in [0.2, 0.25) is 0 Å². The Morgan fingerprint density at radius 3 is 3.08 bits per heavy atom. The fraction of sp³-hybridized carbons (Fsp3) is 1.00. The minimum atomic E-state index is 0.715. The first-order valence-electron chi connectivity index (χ1n) is 4.81. The minimum Gasteiger partial charge on any atom is -0.383 e. The van der Waals surface area contributed by atoms with Crippen LogP contribution in [0.4, 0.5) is 0 Å². The molecule has 0 aliphatic carbocycles. The van der Waals surface area contributed by atoms with Crippen molar-refractivity contribution in [1.29, 1.82) is 0 Å². The standard InChI is InChI=1S/C9H20N2O/c1-3-10-9-4-5-11(8-9)6-7-12-2/h9-10H,3-8H2,1-2H3. The lowest BCUT2D eigenvalue weighted by atomic mass is 10.3. The summed E-state index contributed by atoms with van der Waals surface area (Å²) in [6, 6.07) is 0.715. The molecule has 1 atom stereocenters. The predicted octanol–water partition coefficient (Wildman–Crippen LogP) is 0.317. The monoisotopic (exact) mass is 172 g/mol. The highest BCUT2D eigenvalue weighted by molar-refractivity contribution is 4.80. The molecule has 0 aromatic carbocycles. The molecule has 1 heterocycles. The van der Waals surface area contributed by atoms with Gasteiger partial charge in [0.2, 0.25) is 0 Å². The number of likely N-dealkylation sites (N-methyl/N-ethyl adjacent to an activating group) is 1. The zero-order chi connectivity index (χ0) is 8.81. The quantitative estimate of drug-likeness (QED) is 0.646. The molecular weight excluding hydrogens is 152 g/mol. The van der Waals surface area contributed by atoms with Crippen LogP contribution < -0.4 is 5.32 Å². The number of rotatable bonds is 5. The molecule has 1 aliphatic heterocycles. The van der Waals surface area contributed by atoms with E-state index in [0.717, 1.165) is 19.7 Å². The Labute approximate surface area is 75.1 Å². The molecule has 0 saturated carbocycles. The van der Waals surface area contributed by atoms with Gasteiger partial charge in [0.25, 0.3) is 0 Å². The van der Waals surface area contributed by atoms with Gasteiger partial charge in [-0.1, -0.05) is 6.92 Å². The molecule has 3 heteroatoms. The minimum absolute atomic E-state index is 0.715. The van der Waals surface area contributed by atoms with Crippen LogP contribution in [0.25, 0.3) is 0 Å². The largest absolute Gasteiger partial charge is 0.383 e. The third-order valence-electron chi connectivity index (χ3n) is 2.38. The summed E-state index contributed by atoms with van der Waals surface area (Å²) in [6.45, 7) is 7.61. The van der Waals surface area contributed by atoms with Crippen LogP contribution in [0.1, 0.15) is 13.3 Å². The lowest BCUT2D eigenvalue weighted by Gasteiger charge is -2.15. The Bertz CT molecular complexity index is 119. The summed E-state index contributed by atoms with van der Waals surface area (Å²) < 4.78 is 5.04. The molecule has 1 saturated heterocycles. The van der Waals surface area contributed by atoms with Gasteiger partial charge < -0.3 is 10.1 Å². The summed E-state index contributed by atoms with van der Waals surface area (Å²) in [6.07, 6.45) is 1.29. The van der Waals surface area contributed by atoms with E-state index < -0.39 is 0 Å². The average Bonchev–Trinajstić information content (AvgIpc) is 2.50. The van der Waals surface area contributed by atoms with Crippen molar-refractivity contribution in [2.75, 3.05) is 39.9 Å². The van der Waals surface area contributed by atoms with E-state index in [9.17, 15) is 0 Å². The highest BCUT2D eigenvalue weighted by Gasteiger charge is 2.20. The Morgan fingerprint density at radius 2 is 2.42 bits per heavy atom. The van der Waals surface area contributed by atoms with E-state index in [2.05, 4.69) is 17.1 Å². The molecule has 0 aromatic heterocycles. The third-order valence-corrected chi connectivity index (χ3v) is 2.38. The van der Waals surface area contributed by atoms with Crippen molar-refractivity contribution in [1.82, 2.24) is 10.2 Å². The van der Waals surface area contributed by atoms with Crippen LogP contribution in [0.15, 0.2) is 0 Å². The van der Waals surface area contributed by atoms with Gasteiger partial charge in [0.1, 0.15) is 0 Å². The van der Waals surface area contributed by atoms with E-state index in [-0.39, 0.29) is 0 Å².